The molecule has 1 amide bonds. The van der Waals surface area contributed by atoms with Gasteiger partial charge in [-0.1, -0.05) is 12.1 Å². The van der Waals surface area contributed by atoms with Crippen molar-refractivity contribution in [3.63, 3.8) is 0 Å². The predicted octanol–water partition coefficient (Wildman–Crippen LogP) is 4.42. The molecule has 2 aromatic carbocycles. The molecule has 0 aliphatic carbocycles. The number of nitrogens with two attached hydrogens (primary N) is 1. The Morgan fingerprint density at radius 1 is 1.13 bits per heavy atom. The van der Waals surface area contributed by atoms with E-state index in [4.69, 9.17) is 5.73 Å². The van der Waals surface area contributed by atoms with E-state index in [1.807, 2.05) is 0 Å². The fourth-order valence-electron chi connectivity index (χ4n) is 3.45. The molecule has 0 fully saturated rings. The quantitative estimate of drug-likeness (QED) is 0.642. The van der Waals surface area contributed by atoms with Gasteiger partial charge in [-0.2, -0.15) is 18.2 Å². The molecule has 0 aliphatic heterocycles. The van der Waals surface area contributed by atoms with Crippen molar-refractivity contribution in [2.45, 2.75) is 20.0 Å². The molecule has 1 aromatic heterocycles. The van der Waals surface area contributed by atoms with E-state index in [9.17, 15) is 18.0 Å². The fourth-order valence-corrected chi connectivity index (χ4v) is 3.45. The summed E-state index contributed by atoms with van der Waals surface area (Å²) < 4.78 is 41.6. The minimum absolute atomic E-state index is 0.00690. The molecule has 0 spiro atoms. The highest BCUT2D eigenvalue weighted by Crippen LogP contribution is 2.40. The predicted molar refractivity (Wildman–Crippen MR) is 111 cm³/mol. The summed E-state index contributed by atoms with van der Waals surface area (Å²) in [6, 6.07) is 8.30. The van der Waals surface area contributed by atoms with Crippen LogP contribution in [0.3, 0.4) is 0 Å². The molecule has 1 heterocycles. The number of hydrogen-bond acceptors (Lipinski definition) is 5. The van der Waals surface area contributed by atoms with Gasteiger partial charge in [-0.25, -0.2) is 4.98 Å². The number of nitrogen functional groups attached to an aromatic ring is 1. The molecule has 158 valence electrons. The Balaban J connectivity index is 2.32. The van der Waals surface area contributed by atoms with Crippen LogP contribution in [0.25, 0.3) is 22.0 Å². The van der Waals surface area contributed by atoms with Gasteiger partial charge in [0.1, 0.15) is 5.82 Å². The van der Waals surface area contributed by atoms with Gasteiger partial charge in [0.2, 0.25) is 5.95 Å². The number of aromatic nitrogens is 2. The van der Waals surface area contributed by atoms with Crippen molar-refractivity contribution >= 4 is 28.6 Å². The molecule has 0 unspecified atom stereocenters. The lowest BCUT2D eigenvalue weighted by Gasteiger charge is -2.23. The minimum Gasteiger partial charge on any atom is -0.372 e. The van der Waals surface area contributed by atoms with E-state index in [1.165, 1.54) is 29.2 Å². The van der Waals surface area contributed by atoms with Crippen LogP contribution in [0.4, 0.5) is 24.9 Å². The number of alkyl halides is 3. The first-order chi connectivity index (χ1) is 14.2. The number of hydrogen-bond donors (Lipinski definition) is 2. The van der Waals surface area contributed by atoms with Crippen LogP contribution in [0, 0.1) is 0 Å². The van der Waals surface area contributed by atoms with Gasteiger partial charge in [0.05, 0.1) is 11.1 Å². The molecule has 6 nitrogen and oxygen atoms in total. The Hall–Kier alpha value is -3.36. The molecule has 3 rings (SSSR count). The van der Waals surface area contributed by atoms with Gasteiger partial charge in [-0.15, -0.1) is 0 Å². The fraction of sp³-hybridized carbons (Fsp3) is 0.286. The molecule has 0 atom stereocenters. The number of anilines is 2. The zero-order valence-corrected chi connectivity index (χ0v) is 16.8. The van der Waals surface area contributed by atoms with Crippen molar-refractivity contribution in [1.82, 2.24) is 14.9 Å². The van der Waals surface area contributed by atoms with Gasteiger partial charge in [-0.3, -0.25) is 4.79 Å². The van der Waals surface area contributed by atoms with Crippen molar-refractivity contribution < 1.29 is 18.0 Å². The highest BCUT2D eigenvalue weighted by atomic mass is 19.4. The van der Waals surface area contributed by atoms with E-state index in [0.29, 0.717) is 29.8 Å². The number of nitrogens with zero attached hydrogens (tertiary/aromatic N) is 3. The molecule has 0 bridgehead atoms. The maximum Gasteiger partial charge on any atom is 0.417 e. The Kier molecular flexibility index (Phi) is 5.82. The first-order valence-electron chi connectivity index (χ1n) is 9.46. The first-order valence-corrected chi connectivity index (χ1v) is 9.46. The Labute approximate surface area is 171 Å². The average molecular weight is 417 g/mol. The second kappa shape index (κ2) is 8.17. The second-order valence-corrected chi connectivity index (χ2v) is 6.62. The van der Waals surface area contributed by atoms with Crippen LogP contribution < -0.4 is 11.1 Å². The lowest BCUT2D eigenvalue weighted by molar-refractivity contribution is -0.137. The van der Waals surface area contributed by atoms with Gasteiger partial charge >= 0.3 is 6.18 Å². The zero-order valence-electron chi connectivity index (χ0n) is 16.8. The van der Waals surface area contributed by atoms with E-state index in [2.05, 4.69) is 15.3 Å². The molecule has 9 heteroatoms. The van der Waals surface area contributed by atoms with E-state index < -0.39 is 17.6 Å². The summed E-state index contributed by atoms with van der Waals surface area (Å²) in [5, 5.41) is 3.50. The van der Waals surface area contributed by atoms with Crippen LogP contribution in [0.5, 0.6) is 0 Å². The lowest BCUT2D eigenvalue weighted by Crippen LogP contribution is -2.31. The third-order valence-electron chi connectivity index (χ3n) is 4.89. The first kappa shape index (κ1) is 21.4. The minimum atomic E-state index is -4.63. The normalized spacial score (nSPS) is 11.5. The standard InChI is InChI=1S/C21H22F3N5O/c1-4-29(5-2)19(30)14-7-6-8-15(21(22,23)24)17(14)12-9-10-13-16(11-12)27-20(25)28-18(13)26-3/h6-11H,4-5H2,1-3H3,(H3,25,26,27,28). The topological polar surface area (TPSA) is 84.1 Å². The molecule has 0 saturated heterocycles. The zero-order chi connectivity index (χ0) is 22.1. The summed E-state index contributed by atoms with van der Waals surface area (Å²) in [5.74, 6) is -0.000503. The molecule has 3 aromatic rings. The molecule has 0 aliphatic rings. The number of fused-ring (bicyclic) bond motifs is 1. The van der Waals surface area contributed by atoms with Crippen molar-refractivity contribution in [2.24, 2.45) is 0 Å². The van der Waals surface area contributed by atoms with Crippen molar-refractivity contribution in [2.75, 3.05) is 31.2 Å². The summed E-state index contributed by atoms with van der Waals surface area (Å²) >= 11 is 0. The summed E-state index contributed by atoms with van der Waals surface area (Å²) in [6.07, 6.45) is -4.63. The van der Waals surface area contributed by atoms with Crippen LogP contribution in [-0.2, 0) is 6.18 Å². The smallest absolute Gasteiger partial charge is 0.372 e. The summed E-state index contributed by atoms with van der Waals surface area (Å²) in [6.45, 7) is 4.34. The number of amides is 1. The Morgan fingerprint density at radius 3 is 2.43 bits per heavy atom. The molecular weight excluding hydrogens is 395 g/mol. The number of nitrogens with one attached hydrogen (secondary N) is 1. The van der Waals surface area contributed by atoms with Crippen molar-refractivity contribution in [3.8, 4) is 11.1 Å². The number of rotatable bonds is 5. The average Bonchev–Trinajstić information content (AvgIpc) is 2.72. The maximum atomic E-state index is 13.9. The van der Waals surface area contributed by atoms with Gasteiger partial charge in [0, 0.05) is 36.7 Å². The van der Waals surface area contributed by atoms with E-state index in [-0.39, 0.29) is 22.6 Å². The summed E-state index contributed by atoms with van der Waals surface area (Å²) in [7, 11) is 1.66. The van der Waals surface area contributed by atoms with Crippen LogP contribution in [0.15, 0.2) is 36.4 Å². The maximum absolute atomic E-state index is 13.9. The van der Waals surface area contributed by atoms with Crippen LogP contribution in [0.2, 0.25) is 0 Å². The van der Waals surface area contributed by atoms with Crippen LogP contribution >= 0.6 is 0 Å². The Bertz CT molecular complexity index is 1090. The molecule has 0 saturated carbocycles. The van der Waals surface area contributed by atoms with E-state index in [0.717, 1.165) is 6.07 Å². The highest BCUT2D eigenvalue weighted by Gasteiger charge is 2.36. The van der Waals surface area contributed by atoms with Gasteiger partial charge in [0.15, 0.2) is 0 Å². The number of carbonyl (C=O) groups excluding carboxylic acids is 1. The second-order valence-electron chi connectivity index (χ2n) is 6.62. The number of benzene rings is 2. The molecule has 0 radical (unpaired) electrons. The molecule has 3 N–H and O–H groups in total. The lowest BCUT2D eigenvalue weighted by atomic mass is 9.92. The van der Waals surface area contributed by atoms with Crippen LogP contribution in [-0.4, -0.2) is 40.9 Å². The monoisotopic (exact) mass is 417 g/mol. The summed E-state index contributed by atoms with van der Waals surface area (Å²) in [5.41, 5.74) is 5.28. The third-order valence-corrected chi connectivity index (χ3v) is 4.89. The van der Waals surface area contributed by atoms with Crippen LogP contribution in [0.1, 0.15) is 29.8 Å². The van der Waals surface area contributed by atoms with Crippen molar-refractivity contribution in [3.05, 3.63) is 47.5 Å². The number of halogens is 3. The van der Waals surface area contributed by atoms with E-state index in [1.54, 1.807) is 27.0 Å². The number of carbonyl (C=O) groups is 1. The molecule has 30 heavy (non-hydrogen) atoms. The molecular formula is C21H22F3N5O. The van der Waals surface area contributed by atoms with Gasteiger partial charge in [-0.05, 0) is 43.7 Å². The SMILES string of the molecule is CCN(CC)C(=O)c1cccc(C(F)(F)F)c1-c1ccc2c(NC)nc(N)nc2c1. The summed E-state index contributed by atoms with van der Waals surface area (Å²) in [4.78, 5) is 22.7. The largest absolute Gasteiger partial charge is 0.417 e. The van der Waals surface area contributed by atoms with E-state index >= 15 is 0 Å². The van der Waals surface area contributed by atoms with Gasteiger partial charge in [0.25, 0.3) is 5.91 Å². The van der Waals surface area contributed by atoms with Crippen molar-refractivity contribution in [1.29, 1.82) is 0 Å². The highest BCUT2D eigenvalue weighted by molar-refractivity contribution is 6.03. The van der Waals surface area contributed by atoms with Gasteiger partial charge < -0.3 is 16.0 Å². The Morgan fingerprint density at radius 2 is 1.83 bits per heavy atom. The third kappa shape index (κ3) is 3.87.